The molecular formula is C9H9FN2O. The van der Waals surface area contributed by atoms with Gasteiger partial charge in [0.2, 0.25) is 0 Å². The van der Waals surface area contributed by atoms with Crippen LogP contribution in [-0.2, 0) is 6.54 Å². The quantitative estimate of drug-likeness (QED) is 0.709. The monoisotopic (exact) mass is 180 g/mol. The number of hydrogen-bond acceptors (Lipinski definition) is 1. The molecule has 0 aliphatic heterocycles. The van der Waals surface area contributed by atoms with E-state index in [1.54, 1.807) is 6.07 Å². The second kappa shape index (κ2) is 2.73. The lowest BCUT2D eigenvalue weighted by Gasteiger charge is -1.96. The molecule has 0 atom stereocenters. The van der Waals surface area contributed by atoms with Gasteiger partial charge in [0.15, 0.2) is 0 Å². The van der Waals surface area contributed by atoms with Crippen molar-refractivity contribution in [3.8, 4) is 0 Å². The molecule has 4 heteroatoms. The molecule has 0 bridgehead atoms. The number of nitrogens with zero attached hydrogens (tertiary/aromatic N) is 1. The summed E-state index contributed by atoms with van der Waals surface area (Å²) in [4.78, 5) is 13.9. The zero-order chi connectivity index (χ0) is 9.42. The summed E-state index contributed by atoms with van der Waals surface area (Å²) in [6, 6.07) is 4.26. The molecule has 0 aliphatic carbocycles. The fraction of sp³-hybridized carbons (Fsp3) is 0.222. The molecule has 0 amide bonds. The Morgan fingerprint density at radius 1 is 1.54 bits per heavy atom. The maximum Gasteiger partial charge on any atom is 0.326 e. The lowest BCUT2D eigenvalue weighted by atomic mass is 10.3. The summed E-state index contributed by atoms with van der Waals surface area (Å²) < 4.78 is 14.3. The van der Waals surface area contributed by atoms with Gasteiger partial charge in [-0.2, -0.15) is 0 Å². The highest BCUT2D eigenvalue weighted by Gasteiger charge is 2.04. The van der Waals surface area contributed by atoms with Crippen LogP contribution in [0.25, 0.3) is 11.0 Å². The summed E-state index contributed by atoms with van der Waals surface area (Å²) in [7, 11) is 0. The maximum atomic E-state index is 12.8. The predicted octanol–water partition coefficient (Wildman–Crippen LogP) is 1.49. The molecule has 3 nitrogen and oxygen atoms in total. The highest BCUT2D eigenvalue weighted by atomic mass is 19.1. The Kier molecular flexibility index (Phi) is 1.69. The average Bonchev–Trinajstić information content (AvgIpc) is 2.40. The first-order valence-corrected chi connectivity index (χ1v) is 4.10. The minimum absolute atomic E-state index is 0.192. The highest BCUT2D eigenvalue weighted by Crippen LogP contribution is 2.11. The summed E-state index contributed by atoms with van der Waals surface area (Å²) >= 11 is 0. The Balaban J connectivity index is 2.89. The molecule has 0 spiro atoms. The molecule has 0 radical (unpaired) electrons. The van der Waals surface area contributed by atoms with Crippen LogP contribution in [-0.4, -0.2) is 9.55 Å². The third-order valence-electron chi connectivity index (χ3n) is 2.05. The standard InChI is InChI=1S/C9H9FN2O/c1-2-12-8-5-6(10)3-4-7(8)11-9(12)13/h3-5H,2H2,1H3,(H,11,13). The van der Waals surface area contributed by atoms with Crippen molar-refractivity contribution in [3.63, 3.8) is 0 Å². The van der Waals surface area contributed by atoms with Crippen molar-refractivity contribution in [2.75, 3.05) is 0 Å². The van der Waals surface area contributed by atoms with Gasteiger partial charge in [-0.3, -0.25) is 4.57 Å². The van der Waals surface area contributed by atoms with Gasteiger partial charge in [-0.25, -0.2) is 9.18 Å². The zero-order valence-electron chi connectivity index (χ0n) is 7.17. The lowest BCUT2D eigenvalue weighted by Crippen LogP contribution is -2.14. The first-order valence-electron chi connectivity index (χ1n) is 4.10. The predicted molar refractivity (Wildman–Crippen MR) is 48.2 cm³/mol. The van der Waals surface area contributed by atoms with E-state index in [0.29, 0.717) is 17.6 Å². The third kappa shape index (κ3) is 1.14. The van der Waals surface area contributed by atoms with E-state index in [4.69, 9.17) is 0 Å². The second-order valence-electron chi connectivity index (χ2n) is 2.84. The van der Waals surface area contributed by atoms with Gasteiger partial charge < -0.3 is 4.98 Å². The number of H-pyrrole nitrogens is 1. The van der Waals surface area contributed by atoms with Crippen molar-refractivity contribution in [1.29, 1.82) is 0 Å². The van der Waals surface area contributed by atoms with Crippen LogP contribution in [0.5, 0.6) is 0 Å². The van der Waals surface area contributed by atoms with Crippen LogP contribution in [0, 0.1) is 5.82 Å². The molecule has 1 N–H and O–H groups in total. The highest BCUT2D eigenvalue weighted by molar-refractivity contribution is 5.75. The van der Waals surface area contributed by atoms with Crippen molar-refractivity contribution < 1.29 is 4.39 Å². The molecule has 0 saturated carbocycles. The number of halogens is 1. The second-order valence-corrected chi connectivity index (χ2v) is 2.84. The van der Waals surface area contributed by atoms with Crippen LogP contribution in [0.2, 0.25) is 0 Å². The average molecular weight is 180 g/mol. The van der Waals surface area contributed by atoms with Crippen LogP contribution in [0.4, 0.5) is 4.39 Å². The van der Waals surface area contributed by atoms with Gasteiger partial charge in [0, 0.05) is 6.54 Å². The molecule has 2 rings (SSSR count). The Morgan fingerprint density at radius 2 is 2.31 bits per heavy atom. The normalized spacial score (nSPS) is 10.9. The third-order valence-corrected chi connectivity index (χ3v) is 2.05. The Labute approximate surface area is 73.8 Å². The minimum Gasteiger partial charge on any atom is -0.306 e. The van der Waals surface area contributed by atoms with Crippen molar-refractivity contribution in [3.05, 3.63) is 34.5 Å². The topological polar surface area (TPSA) is 37.8 Å². The van der Waals surface area contributed by atoms with Crippen molar-refractivity contribution in [2.45, 2.75) is 13.5 Å². The number of benzene rings is 1. The smallest absolute Gasteiger partial charge is 0.306 e. The van der Waals surface area contributed by atoms with Gasteiger partial charge in [-0.05, 0) is 25.1 Å². The summed E-state index contributed by atoms with van der Waals surface area (Å²) in [5, 5.41) is 0. The maximum absolute atomic E-state index is 12.8. The van der Waals surface area contributed by atoms with E-state index in [0.717, 1.165) is 0 Å². The first kappa shape index (κ1) is 8.04. The van der Waals surface area contributed by atoms with Gasteiger partial charge >= 0.3 is 5.69 Å². The number of fused-ring (bicyclic) bond motifs is 1. The Morgan fingerprint density at radius 3 is 3.00 bits per heavy atom. The first-order chi connectivity index (χ1) is 6.22. The summed E-state index contributed by atoms with van der Waals surface area (Å²) in [5.74, 6) is -0.325. The number of aromatic amines is 1. The number of nitrogens with one attached hydrogen (secondary N) is 1. The van der Waals surface area contributed by atoms with Crippen molar-refractivity contribution >= 4 is 11.0 Å². The van der Waals surface area contributed by atoms with E-state index in [2.05, 4.69) is 4.98 Å². The van der Waals surface area contributed by atoms with Gasteiger partial charge in [0.05, 0.1) is 11.0 Å². The van der Waals surface area contributed by atoms with E-state index in [-0.39, 0.29) is 11.5 Å². The fourth-order valence-corrected chi connectivity index (χ4v) is 1.44. The number of aromatic nitrogens is 2. The summed E-state index contributed by atoms with van der Waals surface area (Å²) in [6.45, 7) is 2.39. The van der Waals surface area contributed by atoms with Gasteiger partial charge in [-0.15, -0.1) is 0 Å². The number of aryl methyl sites for hydroxylation is 1. The Bertz CT molecular complexity index is 498. The van der Waals surface area contributed by atoms with Gasteiger partial charge in [0.25, 0.3) is 0 Å². The molecule has 0 aliphatic rings. The fourth-order valence-electron chi connectivity index (χ4n) is 1.44. The molecule has 0 saturated heterocycles. The Hall–Kier alpha value is -1.58. The molecule has 0 fully saturated rings. The lowest BCUT2D eigenvalue weighted by molar-refractivity contribution is 0.628. The van der Waals surface area contributed by atoms with Gasteiger partial charge in [-0.1, -0.05) is 0 Å². The molecule has 1 aromatic carbocycles. The van der Waals surface area contributed by atoms with Crippen LogP contribution in [0.3, 0.4) is 0 Å². The van der Waals surface area contributed by atoms with Crippen LogP contribution in [0.15, 0.2) is 23.0 Å². The minimum atomic E-state index is -0.325. The summed E-state index contributed by atoms with van der Waals surface area (Å²) in [5.41, 5.74) is 1.10. The van der Waals surface area contributed by atoms with E-state index < -0.39 is 0 Å². The summed E-state index contributed by atoms with van der Waals surface area (Å²) in [6.07, 6.45) is 0. The number of imidazole rings is 1. The van der Waals surface area contributed by atoms with E-state index in [1.807, 2.05) is 6.92 Å². The zero-order valence-corrected chi connectivity index (χ0v) is 7.17. The molecule has 2 aromatic rings. The van der Waals surface area contributed by atoms with Crippen LogP contribution < -0.4 is 5.69 Å². The SMILES string of the molecule is CCn1c(=O)[nH]c2ccc(F)cc21. The molecule has 0 unspecified atom stereocenters. The van der Waals surface area contributed by atoms with Crippen molar-refractivity contribution in [1.82, 2.24) is 9.55 Å². The molecule has 1 aromatic heterocycles. The van der Waals surface area contributed by atoms with Crippen molar-refractivity contribution in [2.24, 2.45) is 0 Å². The van der Waals surface area contributed by atoms with E-state index >= 15 is 0 Å². The van der Waals surface area contributed by atoms with Crippen LogP contribution in [0.1, 0.15) is 6.92 Å². The molecule has 1 heterocycles. The largest absolute Gasteiger partial charge is 0.326 e. The van der Waals surface area contributed by atoms with Crippen LogP contribution >= 0.6 is 0 Å². The molecule has 68 valence electrons. The van der Waals surface area contributed by atoms with E-state index in [9.17, 15) is 9.18 Å². The molecular weight excluding hydrogens is 171 g/mol. The number of hydrogen-bond donors (Lipinski definition) is 1. The van der Waals surface area contributed by atoms with E-state index in [1.165, 1.54) is 16.7 Å². The molecule has 13 heavy (non-hydrogen) atoms. The van der Waals surface area contributed by atoms with Gasteiger partial charge in [0.1, 0.15) is 5.82 Å². The number of rotatable bonds is 1.